The summed E-state index contributed by atoms with van der Waals surface area (Å²) in [6.45, 7) is -0.154. The Balaban J connectivity index is 1.03. The summed E-state index contributed by atoms with van der Waals surface area (Å²) in [5.74, 6) is 0. The minimum absolute atomic E-state index is 0.154. The molecular weight excluding hydrogens is 1000 g/mol. The SMILES string of the molecule is c1ccc(-c2ccc(N3c4cc(-c5ccccc5)ccc4B4c5ccc6c(c5N(c5ccc(-c7ccccc7)cc5)c5cc(N(c7ccccc7)c7ccccc7)cc3c54)c3ccccc3n6-c3cccc(-c4ccccc4)c3)cc2)cc1. The van der Waals surface area contributed by atoms with Crippen LogP contribution in [0.1, 0.15) is 0 Å². The first-order valence-electron chi connectivity index (χ1n) is 28.6. The van der Waals surface area contributed by atoms with Gasteiger partial charge < -0.3 is 19.3 Å². The third-order valence-corrected chi connectivity index (χ3v) is 16.9. The first-order valence-corrected chi connectivity index (χ1v) is 28.6. The maximum atomic E-state index is 2.61. The Kier molecular flexibility index (Phi) is 11.6. The third-order valence-electron chi connectivity index (χ3n) is 16.9. The molecule has 0 saturated carbocycles. The zero-order chi connectivity index (χ0) is 54.8. The first-order chi connectivity index (χ1) is 41.2. The molecule has 0 fully saturated rings. The van der Waals surface area contributed by atoms with E-state index in [1.54, 1.807) is 0 Å². The van der Waals surface area contributed by atoms with Crippen molar-refractivity contribution in [1.82, 2.24) is 4.57 Å². The van der Waals surface area contributed by atoms with Gasteiger partial charge in [0.2, 0.25) is 0 Å². The van der Waals surface area contributed by atoms with Crippen molar-refractivity contribution in [3.63, 3.8) is 0 Å². The second-order valence-electron chi connectivity index (χ2n) is 21.6. The second kappa shape index (κ2) is 20.0. The lowest BCUT2D eigenvalue weighted by Crippen LogP contribution is -2.61. The molecule has 5 heteroatoms. The van der Waals surface area contributed by atoms with E-state index >= 15 is 0 Å². The van der Waals surface area contributed by atoms with E-state index in [2.05, 4.69) is 341 Å². The van der Waals surface area contributed by atoms with Crippen molar-refractivity contribution in [3.8, 4) is 50.2 Å². The quantitative estimate of drug-likeness (QED) is 0.127. The van der Waals surface area contributed by atoms with E-state index in [0.29, 0.717) is 0 Å². The third kappa shape index (κ3) is 8.16. The lowest BCUT2D eigenvalue weighted by molar-refractivity contribution is 1.18. The standard InChI is InChI=1S/C78H53BN4/c1-7-22-54(23-8-1)58-38-43-64(44-39-58)81-73-51-61(57-28-13-4-14-29-57)42-47-69(73)79-70-48-49-72-76(68-36-19-20-37-71(68)82(72)66-35-21-30-60(50-66)56-26-11-3-12-27-56)78(70)83(65-45-40-59(41-46-65)55-24-9-2-10-25-55)75-53-67(52-74(81)77(75)79)80(62-31-15-5-16-32-62)63-33-17-6-18-34-63/h1-53H. The second-order valence-corrected chi connectivity index (χ2v) is 21.6. The predicted molar refractivity (Wildman–Crippen MR) is 351 cm³/mol. The average Bonchev–Trinajstić information content (AvgIpc) is 1.85. The summed E-state index contributed by atoms with van der Waals surface area (Å²) >= 11 is 0. The molecule has 388 valence electrons. The summed E-state index contributed by atoms with van der Waals surface area (Å²) in [7, 11) is 0. The molecule has 0 amide bonds. The average molecular weight is 1060 g/mol. The van der Waals surface area contributed by atoms with Crippen molar-refractivity contribution >= 4 is 96.1 Å². The zero-order valence-electron chi connectivity index (χ0n) is 45.5. The van der Waals surface area contributed by atoms with Crippen LogP contribution in [0.25, 0.3) is 72.0 Å². The smallest absolute Gasteiger partial charge is 0.252 e. The van der Waals surface area contributed by atoms with Crippen molar-refractivity contribution in [3.05, 3.63) is 322 Å². The van der Waals surface area contributed by atoms with Crippen LogP contribution in [-0.4, -0.2) is 11.3 Å². The van der Waals surface area contributed by atoms with E-state index in [4.69, 9.17) is 0 Å². The van der Waals surface area contributed by atoms with Gasteiger partial charge in [-0.2, -0.15) is 0 Å². The normalized spacial score (nSPS) is 12.3. The highest BCUT2D eigenvalue weighted by Crippen LogP contribution is 2.51. The van der Waals surface area contributed by atoms with Crippen LogP contribution >= 0.6 is 0 Å². The van der Waals surface area contributed by atoms with Gasteiger partial charge in [-0.25, -0.2) is 0 Å². The molecule has 0 bridgehead atoms. The van der Waals surface area contributed by atoms with Gasteiger partial charge >= 0.3 is 0 Å². The number of benzene rings is 13. The van der Waals surface area contributed by atoms with Gasteiger partial charge in [-0.05, 0) is 152 Å². The molecule has 0 saturated heterocycles. The van der Waals surface area contributed by atoms with Crippen LogP contribution in [-0.2, 0) is 0 Å². The van der Waals surface area contributed by atoms with Gasteiger partial charge in [-0.15, -0.1) is 0 Å². The van der Waals surface area contributed by atoms with Crippen molar-refractivity contribution in [2.24, 2.45) is 0 Å². The Morgan fingerprint density at radius 3 is 1.27 bits per heavy atom. The first kappa shape index (κ1) is 48.1. The van der Waals surface area contributed by atoms with Gasteiger partial charge in [0, 0.05) is 56.3 Å². The molecule has 14 aromatic rings. The highest BCUT2D eigenvalue weighted by atomic mass is 15.2. The van der Waals surface area contributed by atoms with Gasteiger partial charge in [0.1, 0.15) is 0 Å². The highest BCUT2D eigenvalue weighted by molar-refractivity contribution is 7.00. The van der Waals surface area contributed by atoms with Gasteiger partial charge in [0.15, 0.2) is 0 Å². The van der Waals surface area contributed by atoms with Crippen LogP contribution in [0.2, 0.25) is 0 Å². The fourth-order valence-corrected chi connectivity index (χ4v) is 13.2. The van der Waals surface area contributed by atoms with Gasteiger partial charge in [-0.3, -0.25) is 0 Å². The molecule has 0 radical (unpaired) electrons. The molecule has 0 N–H and O–H groups in total. The van der Waals surface area contributed by atoms with Crippen molar-refractivity contribution < 1.29 is 0 Å². The molecular formula is C78H53BN4. The van der Waals surface area contributed by atoms with Crippen molar-refractivity contribution in [2.75, 3.05) is 14.7 Å². The van der Waals surface area contributed by atoms with Gasteiger partial charge in [-0.1, -0.05) is 231 Å². The Hall–Kier alpha value is -10.9. The molecule has 1 aromatic heterocycles. The van der Waals surface area contributed by atoms with Crippen LogP contribution in [0.5, 0.6) is 0 Å². The summed E-state index contributed by atoms with van der Waals surface area (Å²) in [5.41, 5.74) is 26.5. The lowest BCUT2D eigenvalue weighted by atomic mass is 9.33. The van der Waals surface area contributed by atoms with Crippen LogP contribution in [0.4, 0.5) is 51.2 Å². The topological polar surface area (TPSA) is 14.7 Å². The minimum atomic E-state index is -0.154. The fourth-order valence-electron chi connectivity index (χ4n) is 13.2. The molecule has 13 aromatic carbocycles. The fraction of sp³-hybridized carbons (Fsp3) is 0. The zero-order valence-corrected chi connectivity index (χ0v) is 45.5. The molecule has 3 heterocycles. The predicted octanol–water partition coefficient (Wildman–Crippen LogP) is 19.0. The largest absolute Gasteiger partial charge is 0.311 e. The van der Waals surface area contributed by atoms with Crippen LogP contribution in [0.3, 0.4) is 0 Å². The maximum absolute atomic E-state index is 2.61. The molecule has 0 aliphatic carbocycles. The van der Waals surface area contributed by atoms with Crippen molar-refractivity contribution in [1.29, 1.82) is 0 Å². The molecule has 0 unspecified atom stereocenters. The summed E-state index contributed by atoms with van der Waals surface area (Å²) in [5, 5.41) is 2.40. The Labute approximate surface area is 484 Å². The molecule has 83 heavy (non-hydrogen) atoms. The summed E-state index contributed by atoms with van der Waals surface area (Å²) in [6.07, 6.45) is 0. The summed E-state index contributed by atoms with van der Waals surface area (Å²) in [6, 6.07) is 118. The van der Waals surface area contributed by atoms with Gasteiger partial charge in [0.25, 0.3) is 6.71 Å². The Morgan fingerprint density at radius 2 is 0.699 bits per heavy atom. The minimum Gasteiger partial charge on any atom is -0.311 e. The van der Waals surface area contributed by atoms with Gasteiger partial charge in [0.05, 0.1) is 22.4 Å². The Morgan fingerprint density at radius 1 is 0.265 bits per heavy atom. The Bertz CT molecular complexity index is 4660. The van der Waals surface area contributed by atoms with Crippen molar-refractivity contribution in [2.45, 2.75) is 0 Å². The molecule has 2 aliphatic rings. The number of rotatable bonds is 10. The molecule has 0 atom stereocenters. The van der Waals surface area contributed by atoms with Crippen LogP contribution < -0.4 is 31.1 Å². The van der Waals surface area contributed by atoms with E-state index < -0.39 is 0 Å². The highest BCUT2D eigenvalue weighted by Gasteiger charge is 2.45. The number of fused-ring (bicyclic) bond motifs is 8. The number of nitrogens with zero attached hydrogens (tertiary/aromatic N) is 4. The van der Waals surface area contributed by atoms with E-state index in [9.17, 15) is 0 Å². The number of anilines is 9. The van der Waals surface area contributed by atoms with Crippen LogP contribution in [0.15, 0.2) is 322 Å². The molecule has 0 spiro atoms. The van der Waals surface area contributed by atoms with E-state index in [1.165, 1.54) is 71.8 Å². The molecule has 4 nitrogen and oxygen atoms in total. The molecule has 2 aliphatic heterocycles. The number of hydrogen-bond donors (Lipinski definition) is 0. The number of hydrogen-bond acceptors (Lipinski definition) is 3. The van der Waals surface area contributed by atoms with E-state index in [-0.39, 0.29) is 6.71 Å². The van der Waals surface area contributed by atoms with E-state index in [1.807, 2.05) is 0 Å². The summed E-state index contributed by atoms with van der Waals surface area (Å²) in [4.78, 5) is 7.59. The van der Waals surface area contributed by atoms with Crippen LogP contribution in [0, 0.1) is 0 Å². The lowest BCUT2D eigenvalue weighted by Gasteiger charge is -2.45. The van der Waals surface area contributed by atoms with E-state index in [0.717, 1.165) is 67.8 Å². The summed E-state index contributed by atoms with van der Waals surface area (Å²) < 4.78 is 2.49. The molecule has 16 rings (SSSR count). The monoisotopic (exact) mass is 1060 g/mol. The number of aromatic nitrogens is 1. The number of para-hydroxylation sites is 3. The maximum Gasteiger partial charge on any atom is 0.252 e.